The van der Waals surface area contributed by atoms with Gasteiger partial charge in [0, 0.05) is 12.1 Å². The van der Waals surface area contributed by atoms with Gasteiger partial charge in [-0.1, -0.05) is 30.3 Å². The highest BCUT2D eigenvalue weighted by Gasteiger charge is 2.31. The lowest BCUT2D eigenvalue weighted by Crippen LogP contribution is -2.54. The molecule has 0 unspecified atom stereocenters. The van der Waals surface area contributed by atoms with Gasteiger partial charge in [0.15, 0.2) is 0 Å². The lowest BCUT2D eigenvalue weighted by atomic mass is 10.1. The van der Waals surface area contributed by atoms with E-state index in [1.54, 1.807) is 19.1 Å². The summed E-state index contributed by atoms with van der Waals surface area (Å²) in [5.41, 5.74) is 3.77. The number of rotatable bonds is 8. The molecule has 8 heteroatoms. The van der Waals surface area contributed by atoms with Gasteiger partial charge in [0.25, 0.3) is 0 Å². The quantitative estimate of drug-likeness (QED) is 0.615. The molecular formula is C26H37N3O4S. The molecule has 0 saturated carbocycles. The van der Waals surface area contributed by atoms with E-state index in [2.05, 4.69) is 5.32 Å². The normalized spacial score (nSPS) is 12.7. The van der Waals surface area contributed by atoms with Gasteiger partial charge >= 0.3 is 0 Å². The third kappa shape index (κ3) is 7.32. The smallest absolute Gasteiger partial charge is 0.244 e. The van der Waals surface area contributed by atoms with Crippen LogP contribution in [-0.2, 0) is 26.2 Å². The molecule has 0 saturated heterocycles. The van der Waals surface area contributed by atoms with Crippen molar-refractivity contribution in [3.05, 3.63) is 64.7 Å². The van der Waals surface area contributed by atoms with Crippen molar-refractivity contribution in [3.8, 4) is 0 Å². The number of hydrogen-bond donors (Lipinski definition) is 1. The number of anilines is 1. The largest absolute Gasteiger partial charge is 0.350 e. The van der Waals surface area contributed by atoms with Crippen molar-refractivity contribution in [3.63, 3.8) is 0 Å². The predicted molar refractivity (Wildman–Crippen MR) is 137 cm³/mol. The zero-order valence-electron chi connectivity index (χ0n) is 21.5. The van der Waals surface area contributed by atoms with Gasteiger partial charge in [0.05, 0.1) is 11.9 Å². The van der Waals surface area contributed by atoms with Crippen LogP contribution in [0.15, 0.2) is 42.5 Å². The molecule has 0 fully saturated rings. The predicted octanol–water partition coefficient (Wildman–Crippen LogP) is 3.71. The number of benzene rings is 2. The summed E-state index contributed by atoms with van der Waals surface area (Å²) < 4.78 is 26.4. The number of amides is 2. The molecule has 0 heterocycles. The molecule has 0 bridgehead atoms. The molecule has 0 aliphatic rings. The fraction of sp³-hybridized carbons (Fsp3) is 0.462. The lowest BCUT2D eigenvalue weighted by Gasteiger charge is -2.33. The average molecular weight is 488 g/mol. The van der Waals surface area contributed by atoms with Crippen LogP contribution in [0.5, 0.6) is 0 Å². The van der Waals surface area contributed by atoms with Crippen molar-refractivity contribution in [2.45, 2.75) is 66.6 Å². The Morgan fingerprint density at radius 2 is 1.59 bits per heavy atom. The fourth-order valence-electron chi connectivity index (χ4n) is 3.52. The first kappa shape index (κ1) is 27.4. The molecule has 0 radical (unpaired) electrons. The third-order valence-electron chi connectivity index (χ3n) is 5.73. The monoisotopic (exact) mass is 487 g/mol. The Morgan fingerprint density at radius 3 is 2.12 bits per heavy atom. The zero-order chi connectivity index (χ0) is 25.8. The number of carbonyl (C=O) groups excluding carboxylic acids is 2. The number of sulfonamides is 1. The van der Waals surface area contributed by atoms with Crippen molar-refractivity contribution in [1.29, 1.82) is 0 Å². The number of nitrogens with zero attached hydrogens (tertiary/aromatic N) is 2. The van der Waals surface area contributed by atoms with E-state index < -0.39 is 34.1 Å². The molecule has 2 amide bonds. The Morgan fingerprint density at radius 1 is 0.971 bits per heavy atom. The van der Waals surface area contributed by atoms with E-state index in [0.29, 0.717) is 5.69 Å². The van der Waals surface area contributed by atoms with Crippen molar-refractivity contribution >= 4 is 27.5 Å². The van der Waals surface area contributed by atoms with Gasteiger partial charge in [0.1, 0.15) is 12.6 Å². The number of carbonyl (C=O) groups is 2. The second-order valence-electron chi connectivity index (χ2n) is 9.90. The molecule has 186 valence electrons. The van der Waals surface area contributed by atoms with Gasteiger partial charge in [-0.15, -0.1) is 0 Å². The van der Waals surface area contributed by atoms with Crippen molar-refractivity contribution in [1.82, 2.24) is 10.2 Å². The highest BCUT2D eigenvalue weighted by Crippen LogP contribution is 2.22. The van der Waals surface area contributed by atoms with Crippen LogP contribution in [0.1, 0.15) is 49.9 Å². The molecule has 0 spiro atoms. The molecule has 7 nitrogen and oxygen atoms in total. The van der Waals surface area contributed by atoms with Crippen LogP contribution in [0, 0.1) is 20.8 Å². The summed E-state index contributed by atoms with van der Waals surface area (Å²) in [5, 5.41) is 2.92. The molecular weight excluding hydrogens is 450 g/mol. The van der Waals surface area contributed by atoms with Crippen LogP contribution in [0.2, 0.25) is 0 Å². The van der Waals surface area contributed by atoms with Gasteiger partial charge in [-0.3, -0.25) is 13.9 Å². The van der Waals surface area contributed by atoms with Crippen LogP contribution in [0.4, 0.5) is 5.69 Å². The highest BCUT2D eigenvalue weighted by atomic mass is 32.2. The van der Waals surface area contributed by atoms with E-state index in [0.717, 1.165) is 32.8 Å². The van der Waals surface area contributed by atoms with Crippen LogP contribution in [-0.4, -0.2) is 49.5 Å². The summed E-state index contributed by atoms with van der Waals surface area (Å²) in [4.78, 5) is 28.0. The first-order chi connectivity index (χ1) is 15.6. The maximum Gasteiger partial charge on any atom is 0.244 e. The second-order valence-corrected chi connectivity index (χ2v) is 11.8. The van der Waals surface area contributed by atoms with Crippen LogP contribution in [0.3, 0.4) is 0 Å². The first-order valence-corrected chi connectivity index (χ1v) is 13.2. The Kier molecular flexibility index (Phi) is 8.53. The number of hydrogen-bond acceptors (Lipinski definition) is 4. The van der Waals surface area contributed by atoms with Crippen molar-refractivity contribution in [2.24, 2.45) is 0 Å². The number of aryl methyl sites for hydroxylation is 3. The van der Waals surface area contributed by atoms with Crippen molar-refractivity contribution in [2.75, 3.05) is 17.1 Å². The van der Waals surface area contributed by atoms with Gasteiger partial charge in [-0.2, -0.15) is 0 Å². The maximum absolute atomic E-state index is 13.6. The van der Waals surface area contributed by atoms with Crippen LogP contribution in [0.25, 0.3) is 0 Å². The Bertz CT molecular complexity index is 1150. The van der Waals surface area contributed by atoms with E-state index in [9.17, 15) is 18.0 Å². The van der Waals surface area contributed by atoms with E-state index in [1.807, 2.05) is 71.9 Å². The van der Waals surface area contributed by atoms with E-state index in [1.165, 1.54) is 4.90 Å². The van der Waals surface area contributed by atoms with Gasteiger partial charge in [-0.25, -0.2) is 8.42 Å². The Balaban J connectivity index is 2.44. The molecule has 0 aliphatic heterocycles. The lowest BCUT2D eigenvalue weighted by molar-refractivity contribution is -0.140. The van der Waals surface area contributed by atoms with Gasteiger partial charge in [0.2, 0.25) is 21.8 Å². The Labute approximate surface area is 204 Å². The van der Waals surface area contributed by atoms with E-state index >= 15 is 0 Å². The summed E-state index contributed by atoms with van der Waals surface area (Å²) in [5.74, 6) is -0.755. The highest BCUT2D eigenvalue weighted by molar-refractivity contribution is 7.92. The van der Waals surface area contributed by atoms with Crippen LogP contribution < -0.4 is 9.62 Å². The third-order valence-corrected chi connectivity index (χ3v) is 6.87. The molecule has 1 atom stereocenters. The van der Waals surface area contributed by atoms with Crippen LogP contribution >= 0.6 is 0 Å². The molecule has 2 rings (SSSR count). The summed E-state index contributed by atoms with van der Waals surface area (Å²) >= 11 is 0. The van der Waals surface area contributed by atoms with Gasteiger partial charge < -0.3 is 10.2 Å². The molecule has 2 aromatic rings. The molecule has 2 aromatic carbocycles. The topological polar surface area (TPSA) is 86.8 Å². The fourth-order valence-corrected chi connectivity index (χ4v) is 4.36. The summed E-state index contributed by atoms with van der Waals surface area (Å²) in [6, 6.07) is 12.1. The molecule has 0 aliphatic carbocycles. The number of nitrogens with one attached hydrogen (secondary N) is 1. The minimum atomic E-state index is -3.75. The maximum atomic E-state index is 13.6. The van der Waals surface area contributed by atoms with E-state index in [4.69, 9.17) is 0 Å². The first-order valence-electron chi connectivity index (χ1n) is 11.3. The molecule has 1 N–H and O–H groups in total. The standard InChI is InChI=1S/C26H37N3O4S/c1-18-13-14-23(15-20(18)3)29(34(8,32)33)17-24(30)28(16-22-12-10-9-11-19(22)2)21(4)25(31)27-26(5,6)7/h9-15,21H,16-17H2,1-8H3,(H,27,31)/t21-/m0/s1. The van der Waals surface area contributed by atoms with Crippen molar-refractivity contribution < 1.29 is 18.0 Å². The molecule has 34 heavy (non-hydrogen) atoms. The second kappa shape index (κ2) is 10.6. The minimum absolute atomic E-state index is 0.189. The average Bonchev–Trinajstić information content (AvgIpc) is 2.70. The minimum Gasteiger partial charge on any atom is -0.350 e. The molecule has 0 aromatic heterocycles. The Hall–Kier alpha value is -2.87. The van der Waals surface area contributed by atoms with Gasteiger partial charge in [-0.05, 0) is 82.9 Å². The zero-order valence-corrected chi connectivity index (χ0v) is 22.3. The summed E-state index contributed by atoms with van der Waals surface area (Å²) in [6.45, 7) is 12.8. The SMILES string of the molecule is Cc1ccc(N(CC(=O)N(Cc2ccccc2C)[C@@H](C)C(=O)NC(C)(C)C)S(C)(=O)=O)cc1C. The summed E-state index contributed by atoms with van der Waals surface area (Å²) in [6.07, 6.45) is 1.08. The summed E-state index contributed by atoms with van der Waals surface area (Å²) in [7, 11) is -3.75. The van der Waals surface area contributed by atoms with E-state index in [-0.39, 0.29) is 12.5 Å².